The van der Waals surface area contributed by atoms with Gasteiger partial charge in [0.25, 0.3) is 11.5 Å². The molecule has 3 heterocycles. The van der Waals surface area contributed by atoms with E-state index in [1.807, 2.05) is 56.3 Å². The van der Waals surface area contributed by atoms with E-state index in [0.29, 0.717) is 24.4 Å². The van der Waals surface area contributed by atoms with E-state index in [-0.39, 0.29) is 17.4 Å². The fraction of sp³-hybridized carbons (Fsp3) is 0.436. The van der Waals surface area contributed by atoms with Crippen molar-refractivity contribution in [3.05, 3.63) is 103 Å². The van der Waals surface area contributed by atoms with Gasteiger partial charge in [-0.3, -0.25) is 14.5 Å². The van der Waals surface area contributed by atoms with E-state index in [4.69, 9.17) is 9.72 Å². The summed E-state index contributed by atoms with van der Waals surface area (Å²) in [6.07, 6.45) is 7.80. The van der Waals surface area contributed by atoms with Crippen LogP contribution in [0.3, 0.4) is 0 Å². The van der Waals surface area contributed by atoms with Crippen molar-refractivity contribution in [3.8, 4) is 11.3 Å². The first-order valence-electron chi connectivity index (χ1n) is 17.6. The molecule has 0 radical (unpaired) electrons. The van der Waals surface area contributed by atoms with Gasteiger partial charge < -0.3 is 19.5 Å². The number of hydrogen-bond donors (Lipinski definition) is 1. The highest BCUT2D eigenvalue weighted by Crippen LogP contribution is 2.32. The second-order valence-corrected chi connectivity index (χ2v) is 14.2. The number of anilines is 1. The molecule has 1 aliphatic heterocycles. The van der Waals surface area contributed by atoms with E-state index in [9.17, 15) is 14.4 Å². The van der Waals surface area contributed by atoms with Gasteiger partial charge in [0.15, 0.2) is 0 Å². The number of carbonyl (C=O) groups excluding carboxylic acids is 2. The summed E-state index contributed by atoms with van der Waals surface area (Å²) in [4.78, 5) is 51.3. The van der Waals surface area contributed by atoms with Crippen molar-refractivity contribution >= 4 is 28.9 Å². The fourth-order valence-electron chi connectivity index (χ4n) is 6.99. The predicted octanol–water partition coefficient (Wildman–Crippen LogP) is 6.17. The maximum absolute atomic E-state index is 13.3. The average Bonchev–Trinajstić information content (AvgIpc) is 3.39. The van der Waals surface area contributed by atoms with Gasteiger partial charge in [-0.15, -0.1) is 11.3 Å². The number of benzene rings is 2. The van der Waals surface area contributed by atoms with Crippen LogP contribution < -0.4 is 10.9 Å². The number of hydrogen-bond acceptors (Lipinski definition) is 8. The number of amides is 1. The normalized spacial score (nSPS) is 16.1. The molecule has 1 amide bonds. The molecule has 2 aromatic carbocycles. The van der Waals surface area contributed by atoms with E-state index in [2.05, 4.69) is 28.1 Å². The first-order valence-corrected chi connectivity index (χ1v) is 18.4. The predicted molar refractivity (Wildman–Crippen MR) is 195 cm³/mol. The molecule has 1 saturated heterocycles. The molecule has 2 aromatic heterocycles. The number of carbonyl (C=O) groups is 2. The number of esters is 1. The Morgan fingerprint density at radius 2 is 1.76 bits per heavy atom. The van der Waals surface area contributed by atoms with Crippen molar-refractivity contribution in [1.29, 1.82) is 0 Å². The smallest absolute Gasteiger partial charge is 0.328 e. The first-order chi connectivity index (χ1) is 23.7. The molecular weight excluding hydrogens is 635 g/mol. The summed E-state index contributed by atoms with van der Waals surface area (Å²) in [6, 6.07) is 15.3. The van der Waals surface area contributed by atoms with Crippen LogP contribution >= 0.6 is 11.3 Å². The lowest BCUT2D eigenvalue weighted by atomic mass is 10.0. The van der Waals surface area contributed by atoms with E-state index in [0.717, 1.165) is 78.4 Å². The molecule has 1 unspecified atom stereocenters. The van der Waals surface area contributed by atoms with Gasteiger partial charge in [0.05, 0.1) is 17.2 Å². The minimum atomic E-state index is -0.465. The van der Waals surface area contributed by atoms with Gasteiger partial charge in [-0.2, -0.15) is 0 Å². The second-order valence-electron chi connectivity index (χ2n) is 13.1. The molecule has 258 valence electrons. The molecule has 2 aliphatic rings. The van der Waals surface area contributed by atoms with E-state index in [1.165, 1.54) is 29.7 Å². The van der Waals surface area contributed by atoms with Crippen molar-refractivity contribution in [2.45, 2.75) is 65.3 Å². The zero-order chi connectivity index (χ0) is 34.5. The Morgan fingerprint density at radius 3 is 2.49 bits per heavy atom. The summed E-state index contributed by atoms with van der Waals surface area (Å²) in [5.41, 5.74) is 6.53. The number of thiophene rings is 1. The number of fused-ring (bicyclic) bond motifs is 1. The number of likely N-dealkylation sites (N-methyl/N-ethyl adjacent to an activating group) is 1. The number of ether oxygens (including phenoxy) is 1. The van der Waals surface area contributed by atoms with Gasteiger partial charge in [-0.05, 0) is 80.5 Å². The summed E-state index contributed by atoms with van der Waals surface area (Å²) in [6.45, 7) is 10.7. The maximum atomic E-state index is 13.3. The standard InChI is InChI=1S/C39H47N5O4S/c1-5-43-19-21-44(22-20-43)36(39(47)48-6-2)28-17-15-27(16-18-28)23-32-38(46)42(4)25-33(40-32)30-12-10-13-31(26(30)3)41-37(45)35-24-29-11-8-7-9-14-34(29)49-35/h10,12-13,15-18,24-25,36H,5-9,11,14,19-23H2,1-4H3,(H,41,45). The van der Waals surface area contributed by atoms with Crippen molar-refractivity contribution in [3.63, 3.8) is 0 Å². The zero-order valence-electron chi connectivity index (χ0n) is 29.1. The summed E-state index contributed by atoms with van der Waals surface area (Å²) < 4.78 is 7.06. The van der Waals surface area contributed by atoms with Crippen LogP contribution in [-0.2, 0) is 35.8 Å². The summed E-state index contributed by atoms with van der Waals surface area (Å²) in [5.74, 6) is -0.327. The lowest BCUT2D eigenvalue weighted by molar-refractivity contribution is -0.150. The van der Waals surface area contributed by atoms with Gasteiger partial charge in [0, 0.05) is 62.0 Å². The summed E-state index contributed by atoms with van der Waals surface area (Å²) in [7, 11) is 1.74. The third-order valence-electron chi connectivity index (χ3n) is 9.86. The number of piperazine rings is 1. The lowest BCUT2D eigenvalue weighted by Crippen LogP contribution is -2.49. The van der Waals surface area contributed by atoms with E-state index >= 15 is 0 Å². The van der Waals surface area contributed by atoms with Crippen LogP contribution in [0.25, 0.3) is 11.3 Å². The summed E-state index contributed by atoms with van der Waals surface area (Å²) in [5, 5.41) is 3.14. The van der Waals surface area contributed by atoms with Gasteiger partial charge in [0.1, 0.15) is 11.7 Å². The highest BCUT2D eigenvalue weighted by molar-refractivity contribution is 7.14. The van der Waals surface area contributed by atoms with Gasteiger partial charge >= 0.3 is 5.97 Å². The van der Waals surface area contributed by atoms with Crippen LogP contribution in [0.5, 0.6) is 0 Å². The molecule has 1 N–H and O–H groups in total. The minimum absolute atomic E-state index is 0.0932. The molecule has 49 heavy (non-hydrogen) atoms. The van der Waals surface area contributed by atoms with E-state index < -0.39 is 6.04 Å². The highest BCUT2D eigenvalue weighted by Gasteiger charge is 2.31. The summed E-state index contributed by atoms with van der Waals surface area (Å²) >= 11 is 1.61. The molecular formula is C39H47N5O4S. The van der Waals surface area contributed by atoms with Gasteiger partial charge in [-0.25, -0.2) is 9.78 Å². The van der Waals surface area contributed by atoms with Crippen LogP contribution in [0.2, 0.25) is 0 Å². The Balaban J connectivity index is 1.21. The molecule has 1 fully saturated rings. The van der Waals surface area contributed by atoms with Crippen LogP contribution in [0.1, 0.15) is 81.6 Å². The average molecular weight is 682 g/mol. The van der Waals surface area contributed by atoms with Gasteiger partial charge in [-0.1, -0.05) is 49.7 Å². The largest absolute Gasteiger partial charge is 0.465 e. The number of nitrogens with one attached hydrogen (secondary N) is 1. The Labute approximate surface area is 292 Å². The zero-order valence-corrected chi connectivity index (χ0v) is 29.9. The number of nitrogens with zero attached hydrogens (tertiary/aromatic N) is 4. The Kier molecular flexibility index (Phi) is 11.1. The van der Waals surface area contributed by atoms with Gasteiger partial charge in [0.2, 0.25) is 0 Å². The van der Waals surface area contributed by atoms with E-state index in [1.54, 1.807) is 29.1 Å². The topological polar surface area (TPSA) is 96.8 Å². The van der Waals surface area contributed by atoms with Crippen molar-refractivity contribution < 1.29 is 14.3 Å². The third-order valence-corrected chi connectivity index (χ3v) is 11.1. The highest BCUT2D eigenvalue weighted by atomic mass is 32.1. The first kappa shape index (κ1) is 34.7. The molecule has 1 aliphatic carbocycles. The molecule has 9 nitrogen and oxygen atoms in total. The molecule has 0 saturated carbocycles. The maximum Gasteiger partial charge on any atom is 0.328 e. The monoisotopic (exact) mass is 681 g/mol. The van der Waals surface area contributed by atoms with Crippen molar-refractivity contribution in [2.75, 3.05) is 44.6 Å². The molecule has 0 spiro atoms. The SMILES string of the molecule is CCOC(=O)C(c1ccc(Cc2nc(-c3cccc(NC(=O)c4cc5c(s4)CCCCC5)c3C)cn(C)c2=O)cc1)N1CCN(CC)CC1. The number of rotatable bonds is 10. The molecule has 0 bridgehead atoms. The molecule has 6 rings (SSSR count). The van der Waals surface area contributed by atoms with Crippen LogP contribution in [-0.4, -0.2) is 70.6 Å². The van der Waals surface area contributed by atoms with Crippen molar-refractivity contribution in [2.24, 2.45) is 7.05 Å². The molecule has 1 atom stereocenters. The fourth-order valence-corrected chi connectivity index (χ4v) is 8.14. The second kappa shape index (κ2) is 15.6. The molecule has 10 heteroatoms. The lowest BCUT2D eigenvalue weighted by Gasteiger charge is -2.38. The quantitative estimate of drug-likeness (QED) is 0.158. The third kappa shape index (κ3) is 7.87. The Morgan fingerprint density at radius 1 is 1.00 bits per heavy atom. The number of aromatic nitrogens is 2. The van der Waals surface area contributed by atoms with Crippen LogP contribution in [0.4, 0.5) is 5.69 Å². The van der Waals surface area contributed by atoms with Crippen LogP contribution in [0, 0.1) is 6.92 Å². The molecule has 4 aromatic rings. The Bertz CT molecular complexity index is 1830. The van der Waals surface area contributed by atoms with Crippen molar-refractivity contribution in [1.82, 2.24) is 19.4 Å². The Hall–Kier alpha value is -4.12. The minimum Gasteiger partial charge on any atom is -0.465 e. The van der Waals surface area contributed by atoms with Crippen LogP contribution in [0.15, 0.2) is 59.5 Å². The number of aryl methyl sites for hydroxylation is 3.